The summed E-state index contributed by atoms with van der Waals surface area (Å²) < 4.78 is 2.35. The van der Waals surface area contributed by atoms with Crippen molar-refractivity contribution in [2.45, 2.75) is 19.9 Å². The van der Waals surface area contributed by atoms with Crippen molar-refractivity contribution in [3.8, 4) is 0 Å². The molecule has 1 unspecified atom stereocenters. The molecule has 0 saturated carbocycles. The molecular formula is C13H13BrINS. The molecule has 4 heteroatoms. The van der Waals surface area contributed by atoms with Crippen molar-refractivity contribution in [3.63, 3.8) is 0 Å². The minimum Gasteiger partial charge on any atom is -0.377 e. The highest BCUT2D eigenvalue weighted by molar-refractivity contribution is 14.1. The van der Waals surface area contributed by atoms with Gasteiger partial charge in [0.05, 0.1) is 6.04 Å². The Morgan fingerprint density at radius 3 is 2.65 bits per heavy atom. The third-order valence-corrected chi connectivity index (χ3v) is 5.00. The van der Waals surface area contributed by atoms with Gasteiger partial charge >= 0.3 is 0 Å². The van der Waals surface area contributed by atoms with E-state index < -0.39 is 0 Å². The van der Waals surface area contributed by atoms with E-state index in [1.807, 2.05) is 11.3 Å². The molecule has 0 saturated heterocycles. The van der Waals surface area contributed by atoms with Gasteiger partial charge in [-0.1, -0.05) is 0 Å². The summed E-state index contributed by atoms with van der Waals surface area (Å²) in [4.78, 5) is 2.73. The van der Waals surface area contributed by atoms with Crippen LogP contribution in [0.4, 0.5) is 5.69 Å². The number of aryl methyl sites for hydroxylation is 1. The summed E-state index contributed by atoms with van der Waals surface area (Å²) in [5.74, 6) is 0. The van der Waals surface area contributed by atoms with Crippen LogP contribution in [0.15, 0.2) is 34.8 Å². The first-order chi connectivity index (χ1) is 8.06. The quantitative estimate of drug-likeness (QED) is 0.636. The van der Waals surface area contributed by atoms with Gasteiger partial charge in [-0.25, -0.2) is 0 Å². The van der Waals surface area contributed by atoms with E-state index in [1.54, 1.807) is 0 Å². The van der Waals surface area contributed by atoms with E-state index >= 15 is 0 Å². The van der Waals surface area contributed by atoms with Gasteiger partial charge in [-0.3, -0.25) is 0 Å². The first kappa shape index (κ1) is 13.4. The fraction of sp³-hybridized carbons (Fsp3) is 0.231. The van der Waals surface area contributed by atoms with Crippen LogP contribution in [0.1, 0.15) is 22.7 Å². The number of hydrogen-bond acceptors (Lipinski definition) is 2. The maximum absolute atomic E-state index is 3.59. The normalized spacial score (nSPS) is 12.5. The Labute approximate surface area is 128 Å². The van der Waals surface area contributed by atoms with Crippen LogP contribution < -0.4 is 5.32 Å². The van der Waals surface area contributed by atoms with E-state index in [1.165, 1.54) is 13.3 Å². The minimum atomic E-state index is 0.338. The average Bonchev–Trinajstić information content (AvgIpc) is 2.69. The Hall–Kier alpha value is -0.0700. The maximum atomic E-state index is 3.59. The molecule has 2 rings (SSSR count). The highest BCUT2D eigenvalue weighted by Crippen LogP contribution is 2.30. The Morgan fingerprint density at radius 2 is 2.06 bits per heavy atom. The molecule has 1 aromatic heterocycles. The van der Waals surface area contributed by atoms with Crippen LogP contribution in [0.5, 0.6) is 0 Å². The van der Waals surface area contributed by atoms with Gasteiger partial charge in [0.1, 0.15) is 0 Å². The monoisotopic (exact) mass is 421 g/mol. The minimum absolute atomic E-state index is 0.338. The molecule has 0 radical (unpaired) electrons. The summed E-state index contributed by atoms with van der Waals surface area (Å²) in [7, 11) is 0. The lowest BCUT2D eigenvalue weighted by Gasteiger charge is -2.15. The zero-order chi connectivity index (χ0) is 12.4. The third kappa shape index (κ3) is 3.45. The summed E-state index contributed by atoms with van der Waals surface area (Å²) in [6.07, 6.45) is 0. The van der Waals surface area contributed by atoms with Crippen molar-refractivity contribution in [2.75, 3.05) is 5.32 Å². The number of hydrogen-bond donors (Lipinski definition) is 1. The Bertz CT molecular complexity index is 524. The Morgan fingerprint density at radius 1 is 1.29 bits per heavy atom. The second kappa shape index (κ2) is 5.71. The van der Waals surface area contributed by atoms with Gasteiger partial charge in [-0.15, -0.1) is 11.3 Å². The Kier molecular flexibility index (Phi) is 4.49. The van der Waals surface area contributed by atoms with Crippen LogP contribution in [-0.2, 0) is 0 Å². The summed E-state index contributed by atoms with van der Waals surface area (Å²) in [5, 5.41) is 3.53. The molecule has 1 aromatic carbocycles. The van der Waals surface area contributed by atoms with E-state index in [2.05, 4.69) is 88.0 Å². The van der Waals surface area contributed by atoms with Gasteiger partial charge in [0.2, 0.25) is 0 Å². The first-order valence-corrected chi connectivity index (χ1v) is 8.03. The van der Waals surface area contributed by atoms with Crippen molar-refractivity contribution in [1.29, 1.82) is 0 Å². The van der Waals surface area contributed by atoms with Crippen molar-refractivity contribution in [3.05, 3.63) is 48.1 Å². The molecule has 2 aromatic rings. The summed E-state index contributed by atoms with van der Waals surface area (Å²) in [6, 6.07) is 11.0. The maximum Gasteiger partial charge on any atom is 0.0578 e. The number of halogens is 2. The summed E-state index contributed by atoms with van der Waals surface area (Å²) in [5.41, 5.74) is 1.14. The van der Waals surface area contributed by atoms with Gasteiger partial charge in [-0.05, 0) is 82.7 Å². The van der Waals surface area contributed by atoms with E-state index in [0.29, 0.717) is 6.04 Å². The van der Waals surface area contributed by atoms with Crippen LogP contribution in [0.3, 0.4) is 0 Å². The highest BCUT2D eigenvalue weighted by Gasteiger charge is 2.09. The molecule has 0 spiro atoms. The predicted molar refractivity (Wildman–Crippen MR) is 88.0 cm³/mol. The largest absolute Gasteiger partial charge is 0.377 e. The summed E-state index contributed by atoms with van der Waals surface area (Å²) >= 11 is 7.75. The molecule has 0 aliphatic carbocycles. The molecule has 0 aliphatic rings. The molecule has 0 amide bonds. The van der Waals surface area contributed by atoms with Gasteiger partial charge in [0.25, 0.3) is 0 Å². The van der Waals surface area contributed by atoms with Crippen LogP contribution in [0, 0.1) is 10.5 Å². The van der Waals surface area contributed by atoms with Gasteiger partial charge in [0, 0.05) is 23.5 Å². The summed E-state index contributed by atoms with van der Waals surface area (Å²) in [6.45, 7) is 4.33. The number of rotatable bonds is 3. The zero-order valence-electron chi connectivity index (χ0n) is 9.63. The van der Waals surface area contributed by atoms with Crippen molar-refractivity contribution in [1.82, 2.24) is 0 Å². The van der Waals surface area contributed by atoms with E-state index in [9.17, 15) is 0 Å². The molecule has 0 aliphatic heterocycles. The van der Waals surface area contributed by atoms with Crippen LogP contribution in [0.25, 0.3) is 0 Å². The molecule has 1 nitrogen and oxygen atoms in total. The van der Waals surface area contributed by atoms with Crippen molar-refractivity contribution in [2.24, 2.45) is 0 Å². The lowest BCUT2D eigenvalue weighted by Crippen LogP contribution is -2.05. The zero-order valence-corrected chi connectivity index (χ0v) is 14.2. The highest BCUT2D eigenvalue weighted by atomic mass is 127. The Balaban J connectivity index is 2.15. The second-order valence-electron chi connectivity index (χ2n) is 3.94. The number of anilines is 1. The first-order valence-electron chi connectivity index (χ1n) is 5.34. The van der Waals surface area contributed by atoms with E-state index in [-0.39, 0.29) is 0 Å². The third-order valence-electron chi connectivity index (χ3n) is 2.49. The standard InChI is InChI=1S/C13H13BrINS/c1-8-3-6-13(17-8)9(2)16-12-5-4-10(15)7-11(12)14/h3-7,9,16H,1-2H3. The smallest absolute Gasteiger partial charge is 0.0578 e. The lowest BCUT2D eigenvalue weighted by atomic mass is 10.2. The topological polar surface area (TPSA) is 12.0 Å². The lowest BCUT2D eigenvalue weighted by molar-refractivity contribution is 0.907. The van der Waals surface area contributed by atoms with E-state index in [4.69, 9.17) is 0 Å². The second-order valence-corrected chi connectivity index (χ2v) is 7.36. The molecule has 1 heterocycles. The van der Waals surface area contributed by atoms with Gasteiger partial charge < -0.3 is 5.32 Å². The van der Waals surface area contributed by atoms with E-state index in [0.717, 1.165) is 10.2 Å². The molecule has 17 heavy (non-hydrogen) atoms. The predicted octanol–water partition coefficient (Wildman–Crippen LogP) is 5.60. The molecule has 0 fully saturated rings. The molecular weight excluding hydrogens is 409 g/mol. The fourth-order valence-corrected chi connectivity index (χ4v) is 3.89. The van der Waals surface area contributed by atoms with Crippen LogP contribution in [0.2, 0.25) is 0 Å². The van der Waals surface area contributed by atoms with Crippen molar-refractivity contribution < 1.29 is 0 Å². The van der Waals surface area contributed by atoms with Crippen LogP contribution >= 0.6 is 49.9 Å². The van der Waals surface area contributed by atoms with Gasteiger partial charge in [0.15, 0.2) is 0 Å². The van der Waals surface area contributed by atoms with Gasteiger partial charge in [-0.2, -0.15) is 0 Å². The number of benzene rings is 1. The number of nitrogens with one attached hydrogen (secondary N) is 1. The molecule has 1 atom stereocenters. The molecule has 1 N–H and O–H groups in total. The molecule has 90 valence electrons. The fourth-order valence-electron chi connectivity index (χ4n) is 1.60. The van der Waals surface area contributed by atoms with Crippen molar-refractivity contribution >= 4 is 55.5 Å². The van der Waals surface area contributed by atoms with Crippen LogP contribution in [-0.4, -0.2) is 0 Å². The average molecular weight is 422 g/mol. The SMILES string of the molecule is Cc1ccc(C(C)Nc2ccc(I)cc2Br)s1. The number of thiophene rings is 1. The molecule has 0 bridgehead atoms.